The molecule has 8 nitrogen and oxygen atoms in total. The number of rotatable bonds is 10. The molecule has 124 valence electrons. The summed E-state index contributed by atoms with van der Waals surface area (Å²) < 4.78 is 12.5. The number of methoxy groups -OCH3 is 1. The minimum atomic E-state index is -0.449. The van der Waals surface area contributed by atoms with Crippen molar-refractivity contribution in [3.05, 3.63) is 40.7 Å². The Balaban J connectivity index is 1.80. The van der Waals surface area contributed by atoms with E-state index in [0.29, 0.717) is 19.0 Å². The van der Waals surface area contributed by atoms with Crippen molar-refractivity contribution in [1.29, 1.82) is 0 Å². The Hall–Kier alpha value is -2.13. The van der Waals surface area contributed by atoms with Crippen LogP contribution in [0, 0.1) is 10.1 Å². The molecule has 0 spiro atoms. The first-order chi connectivity index (χ1) is 11.2. The van der Waals surface area contributed by atoms with Crippen LogP contribution >= 0.6 is 11.8 Å². The van der Waals surface area contributed by atoms with Gasteiger partial charge >= 0.3 is 5.69 Å². The van der Waals surface area contributed by atoms with Crippen molar-refractivity contribution in [3.63, 3.8) is 0 Å². The summed E-state index contributed by atoms with van der Waals surface area (Å²) >= 11 is 1.50. The summed E-state index contributed by atoms with van der Waals surface area (Å²) in [5.74, 6) is 0.898. The Bertz CT molecular complexity index is 635. The average Bonchev–Trinajstić information content (AvgIpc) is 2.99. The molecule has 1 heterocycles. The van der Waals surface area contributed by atoms with Gasteiger partial charge in [-0.1, -0.05) is 23.9 Å². The van der Waals surface area contributed by atoms with E-state index in [9.17, 15) is 10.1 Å². The smallest absolute Gasteiger partial charge is 0.310 e. The Morgan fingerprint density at radius 1 is 1.35 bits per heavy atom. The van der Waals surface area contributed by atoms with Crippen LogP contribution in [-0.2, 0) is 11.3 Å². The number of benzene rings is 1. The Kier molecular flexibility index (Phi) is 6.82. The van der Waals surface area contributed by atoms with Gasteiger partial charge in [0, 0.05) is 32.1 Å². The normalized spacial score (nSPS) is 10.7. The van der Waals surface area contributed by atoms with E-state index >= 15 is 0 Å². The highest BCUT2D eigenvalue weighted by Gasteiger charge is 2.13. The lowest BCUT2D eigenvalue weighted by Gasteiger charge is -2.07. The Labute approximate surface area is 138 Å². The summed E-state index contributed by atoms with van der Waals surface area (Å²) in [4.78, 5) is 10.5. The molecule has 0 unspecified atom stereocenters. The van der Waals surface area contributed by atoms with Gasteiger partial charge in [0.25, 0.3) is 0 Å². The Morgan fingerprint density at radius 3 is 2.96 bits per heavy atom. The molecule has 0 fully saturated rings. The molecule has 0 saturated carbocycles. The van der Waals surface area contributed by atoms with Gasteiger partial charge in [0.2, 0.25) is 0 Å². The molecule has 0 radical (unpaired) electrons. The van der Waals surface area contributed by atoms with Crippen molar-refractivity contribution < 1.29 is 14.4 Å². The number of para-hydroxylation sites is 2. The highest BCUT2D eigenvalue weighted by Crippen LogP contribution is 2.26. The average molecular weight is 338 g/mol. The van der Waals surface area contributed by atoms with E-state index in [-0.39, 0.29) is 11.4 Å². The lowest BCUT2D eigenvalue weighted by molar-refractivity contribution is -0.385. The number of aryl methyl sites for hydroxylation is 1. The molecule has 1 aromatic carbocycles. The maximum atomic E-state index is 10.9. The standard InChI is InChI=1S/C14H18N4O4S/c1-21-8-4-7-17-11-15-16-14(17)23-10-9-22-13-6-3-2-5-12(13)18(19)20/h2-3,5-6,11H,4,7-10H2,1H3. The zero-order valence-electron chi connectivity index (χ0n) is 12.8. The third-order valence-corrected chi connectivity index (χ3v) is 3.91. The van der Waals surface area contributed by atoms with Gasteiger partial charge in [-0.2, -0.15) is 0 Å². The number of thioether (sulfide) groups is 1. The van der Waals surface area contributed by atoms with Gasteiger partial charge in [0.15, 0.2) is 10.9 Å². The molecular formula is C14H18N4O4S. The largest absolute Gasteiger partial charge is 0.486 e. The summed E-state index contributed by atoms with van der Waals surface area (Å²) in [5, 5.41) is 19.7. The third kappa shape index (κ3) is 5.22. The molecule has 0 aliphatic carbocycles. The zero-order valence-corrected chi connectivity index (χ0v) is 13.6. The van der Waals surface area contributed by atoms with E-state index in [0.717, 1.165) is 18.1 Å². The number of nitro groups is 1. The molecule has 0 aliphatic heterocycles. The fourth-order valence-electron chi connectivity index (χ4n) is 1.90. The van der Waals surface area contributed by atoms with Crippen LogP contribution in [0.1, 0.15) is 6.42 Å². The quantitative estimate of drug-likeness (QED) is 0.284. The molecular weight excluding hydrogens is 320 g/mol. The van der Waals surface area contributed by atoms with Crippen molar-refractivity contribution in [2.24, 2.45) is 0 Å². The van der Waals surface area contributed by atoms with Crippen LogP contribution in [-0.4, -0.2) is 45.8 Å². The molecule has 0 bridgehead atoms. The van der Waals surface area contributed by atoms with Crippen LogP contribution in [0.4, 0.5) is 5.69 Å². The van der Waals surface area contributed by atoms with Gasteiger partial charge in [-0.3, -0.25) is 10.1 Å². The minimum Gasteiger partial charge on any atom is -0.486 e. The van der Waals surface area contributed by atoms with Gasteiger partial charge in [0.1, 0.15) is 6.33 Å². The molecule has 0 aliphatic rings. The summed E-state index contributed by atoms with van der Waals surface area (Å²) in [6.07, 6.45) is 2.57. The maximum absolute atomic E-state index is 10.9. The second-order valence-corrected chi connectivity index (χ2v) is 5.64. The fraction of sp³-hybridized carbons (Fsp3) is 0.429. The SMILES string of the molecule is COCCCn1cnnc1SCCOc1ccccc1[N+](=O)[O-]. The highest BCUT2D eigenvalue weighted by molar-refractivity contribution is 7.99. The van der Waals surface area contributed by atoms with Crippen molar-refractivity contribution in [2.45, 2.75) is 18.1 Å². The number of nitro benzene ring substituents is 1. The first-order valence-electron chi connectivity index (χ1n) is 7.08. The maximum Gasteiger partial charge on any atom is 0.310 e. The summed E-state index contributed by atoms with van der Waals surface area (Å²) in [6.45, 7) is 1.82. The molecule has 9 heteroatoms. The second kappa shape index (κ2) is 9.11. The third-order valence-electron chi connectivity index (χ3n) is 2.96. The summed E-state index contributed by atoms with van der Waals surface area (Å²) in [5.41, 5.74) is -0.0276. The lowest BCUT2D eigenvalue weighted by Crippen LogP contribution is -2.05. The molecule has 0 saturated heterocycles. The van der Waals surface area contributed by atoms with E-state index in [1.165, 1.54) is 17.8 Å². The van der Waals surface area contributed by atoms with Crippen molar-refractivity contribution in [1.82, 2.24) is 14.8 Å². The second-order valence-electron chi connectivity index (χ2n) is 4.58. The van der Waals surface area contributed by atoms with Gasteiger partial charge in [0.05, 0.1) is 11.5 Å². The number of aromatic nitrogens is 3. The monoisotopic (exact) mass is 338 g/mol. The van der Waals surface area contributed by atoms with E-state index < -0.39 is 4.92 Å². The van der Waals surface area contributed by atoms with Gasteiger partial charge in [-0.15, -0.1) is 10.2 Å². The number of hydrogen-bond acceptors (Lipinski definition) is 7. The van der Waals surface area contributed by atoms with Gasteiger partial charge in [-0.05, 0) is 12.5 Å². The molecule has 2 rings (SSSR count). The fourth-order valence-corrected chi connectivity index (χ4v) is 2.66. The molecule has 1 aromatic heterocycles. The van der Waals surface area contributed by atoms with Crippen molar-refractivity contribution in [3.8, 4) is 5.75 Å². The predicted molar refractivity (Wildman–Crippen MR) is 85.8 cm³/mol. The topological polar surface area (TPSA) is 92.3 Å². The van der Waals surface area contributed by atoms with Crippen LogP contribution in [0.15, 0.2) is 35.7 Å². The van der Waals surface area contributed by atoms with E-state index in [1.807, 2.05) is 4.57 Å². The highest BCUT2D eigenvalue weighted by atomic mass is 32.2. The van der Waals surface area contributed by atoms with E-state index in [1.54, 1.807) is 31.6 Å². The number of nitrogens with zero attached hydrogens (tertiary/aromatic N) is 4. The van der Waals surface area contributed by atoms with Crippen molar-refractivity contribution >= 4 is 17.4 Å². The molecule has 0 N–H and O–H groups in total. The molecule has 2 aromatic rings. The molecule has 0 amide bonds. The van der Waals surface area contributed by atoms with Crippen molar-refractivity contribution in [2.75, 3.05) is 26.1 Å². The zero-order chi connectivity index (χ0) is 16.5. The van der Waals surface area contributed by atoms with Crippen LogP contribution in [0.2, 0.25) is 0 Å². The Morgan fingerprint density at radius 2 is 2.17 bits per heavy atom. The summed E-state index contributed by atoms with van der Waals surface area (Å²) in [7, 11) is 1.67. The first-order valence-corrected chi connectivity index (χ1v) is 8.06. The molecule has 23 heavy (non-hydrogen) atoms. The predicted octanol–water partition coefficient (Wildman–Crippen LogP) is 2.39. The first kappa shape index (κ1) is 17.2. The summed E-state index contributed by atoms with van der Waals surface area (Å²) in [6, 6.07) is 6.34. The minimum absolute atomic E-state index is 0.0276. The van der Waals surface area contributed by atoms with Crippen LogP contribution < -0.4 is 4.74 Å². The van der Waals surface area contributed by atoms with Gasteiger partial charge < -0.3 is 14.0 Å². The molecule has 0 atom stereocenters. The van der Waals surface area contributed by atoms with E-state index in [2.05, 4.69) is 10.2 Å². The van der Waals surface area contributed by atoms with Gasteiger partial charge in [-0.25, -0.2) is 0 Å². The lowest BCUT2D eigenvalue weighted by atomic mass is 10.3. The van der Waals surface area contributed by atoms with Crippen LogP contribution in [0.5, 0.6) is 5.75 Å². The van der Waals surface area contributed by atoms with E-state index in [4.69, 9.17) is 9.47 Å². The number of ether oxygens (including phenoxy) is 2. The van der Waals surface area contributed by atoms with Crippen LogP contribution in [0.3, 0.4) is 0 Å². The number of hydrogen-bond donors (Lipinski definition) is 0. The van der Waals surface area contributed by atoms with Crippen LogP contribution in [0.25, 0.3) is 0 Å².